The van der Waals surface area contributed by atoms with Crippen LogP contribution in [0.2, 0.25) is 0 Å². The number of hydrogen-bond acceptors (Lipinski definition) is 4. The average molecular weight is 277 g/mol. The van der Waals surface area contributed by atoms with Crippen molar-refractivity contribution in [3.63, 3.8) is 0 Å². The molecule has 0 bridgehead atoms. The van der Waals surface area contributed by atoms with Gasteiger partial charge in [0.15, 0.2) is 0 Å². The lowest BCUT2D eigenvalue weighted by Gasteiger charge is -2.02. The molecule has 20 heavy (non-hydrogen) atoms. The molecule has 2 heterocycles. The molecule has 0 fully saturated rings. The highest BCUT2D eigenvalue weighted by atomic mass is 16.4. The van der Waals surface area contributed by atoms with Gasteiger partial charge in [-0.2, -0.15) is 10.2 Å². The molecule has 2 N–H and O–H groups in total. The monoisotopic (exact) mass is 277 g/mol. The van der Waals surface area contributed by atoms with E-state index in [1.54, 1.807) is 17.8 Å². The Bertz CT molecular complexity index is 643. The number of carbonyl (C=O) groups excluding carboxylic acids is 1. The number of aryl methyl sites for hydroxylation is 3. The molecule has 0 atom stereocenters. The lowest BCUT2D eigenvalue weighted by molar-refractivity contribution is -0.137. The maximum absolute atomic E-state index is 12.0. The Hall–Kier alpha value is -2.64. The Morgan fingerprint density at radius 1 is 1.45 bits per heavy atom. The summed E-state index contributed by atoms with van der Waals surface area (Å²) in [6.45, 7) is 2.06. The van der Waals surface area contributed by atoms with Crippen LogP contribution >= 0.6 is 0 Å². The summed E-state index contributed by atoms with van der Waals surface area (Å²) < 4.78 is 3.00. The molecule has 2 rings (SSSR count). The number of carboxylic acid groups (broad SMARTS) is 1. The summed E-state index contributed by atoms with van der Waals surface area (Å²) in [7, 11) is 1.74. The number of nitrogens with zero attached hydrogens (tertiary/aromatic N) is 4. The van der Waals surface area contributed by atoms with Crippen molar-refractivity contribution in [2.24, 2.45) is 7.05 Å². The summed E-state index contributed by atoms with van der Waals surface area (Å²) in [5.41, 5.74) is 1.18. The minimum Gasteiger partial charge on any atom is -0.481 e. The van der Waals surface area contributed by atoms with E-state index in [0.29, 0.717) is 11.4 Å². The van der Waals surface area contributed by atoms with Crippen LogP contribution in [-0.2, 0) is 18.4 Å². The number of anilines is 1. The van der Waals surface area contributed by atoms with E-state index in [1.807, 2.05) is 6.92 Å². The van der Waals surface area contributed by atoms with Crippen molar-refractivity contribution in [2.75, 3.05) is 5.32 Å². The van der Waals surface area contributed by atoms with Gasteiger partial charge in [0.1, 0.15) is 5.82 Å². The van der Waals surface area contributed by atoms with Gasteiger partial charge in [0.05, 0.1) is 30.4 Å². The van der Waals surface area contributed by atoms with Crippen LogP contribution in [0.15, 0.2) is 18.5 Å². The van der Waals surface area contributed by atoms with E-state index in [0.717, 1.165) is 5.69 Å². The van der Waals surface area contributed by atoms with Crippen LogP contribution in [-0.4, -0.2) is 36.5 Å². The van der Waals surface area contributed by atoms with Gasteiger partial charge in [-0.25, -0.2) is 0 Å². The molecule has 0 aliphatic carbocycles. The average Bonchev–Trinajstić information content (AvgIpc) is 2.94. The molecule has 0 radical (unpaired) electrons. The van der Waals surface area contributed by atoms with Crippen molar-refractivity contribution in [3.05, 3.63) is 29.7 Å². The van der Waals surface area contributed by atoms with Crippen molar-refractivity contribution in [2.45, 2.75) is 19.9 Å². The van der Waals surface area contributed by atoms with E-state index in [1.165, 1.54) is 17.1 Å². The third kappa shape index (κ3) is 3.22. The first-order valence-electron chi connectivity index (χ1n) is 6.02. The predicted molar refractivity (Wildman–Crippen MR) is 70.4 cm³/mol. The van der Waals surface area contributed by atoms with Gasteiger partial charge in [0.2, 0.25) is 0 Å². The summed E-state index contributed by atoms with van der Waals surface area (Å²) in [6.07, 6.45) is 2.88. The first-order valence-corrected chi connectivity index (χ1v) is 6.02. The second-order valence-corrected chi connectivity index (χ2v) is 4.38. The number of aromatic nitrogens is 4. The van der Waals surface area contributed by atoms with Gasteiger partial charge in [-0.1, -0.05) is 0 Å². The first kappa shape index (κ1) is 13.8. The van der Waals surface area contributed by atoms with Crippen molar-refractivity contribution in [1.82, 2.24) is 19.6 Å². The van der Waals surface area contributed by atoms with Crippen LogP contribution in [0.3, 0.4) is 0 Å². The molecule has 0 aliphatic rings. The Morgan fingerprint density at radius 3 is 2.80 bits per heavy atom. The molecule has 106 valence electrons. The molecular formula is C12H15N5O3. The minimum atomic E-state index is -0.906. The second-order valence-electron chi connectivity index (χ2n) is 4.38. The zero-order chi connectivity index (χ0) is 14.7. The Morgan fingerprint density at radius 2 is 2.20 bits per heavy atom. The van der Waals surface area contributed by atoms with E-state index in [-0.39, 0.29) is 18.9 Å². The minimum absolute atomic E-state index is 0.0380. The number of nitrogens with one attached hydrogen (secondary N) is 1. The number of aliphatic carboxylic acids is 1. The van der Waals surface area contributed by atoms with Gasteiger partial charge in [-0.05, 0) is 6.92 Å². The SMILES string of the molecule is Cc1cc(NC(=O)c2cnn(CCC(=O)O)c2)n(C)n1. The fourth-order valence-electron chi connectivity index (χ4n) is 1.73. The fourth-order valence-corrected chi connectivity index (χ4v) is 1.73. The van der Waals surface area contributed by atoms with E-state index in [2.05, 4.69) is 15.5 Å². The van der Waals surface area contributed by atoms with Crippen LogP contribution in [0.4, 0.5) is 5.82 Å². The van der Waals surface area contributed by atoms with E-state index < -0.39 is 5.97 Å². The van der Waals surface area contributed by atoms with Gasteiger partial charge in [0, 0.05) is 19.3 Å². The Balaban J connectivity index is 2.02. The molecule has 0 unspecified atom stereocenters. The van der Waals surface area contributed by atoms with Crippen LogP contribution in [0.25, 0.3) is 0 Å². The Kier molecular flexibility index (Phi) is 3.83. The lowest BCUT2D eigenvalue weighted by Crippen LogP contribution is -2.14. The normalized spacial score (nSPS) is 10.5. The predicted octanol–water partition coefficient (Wildman–Crippen LogP) is 0.652. The van der Waals surface area contributed by atoms with Crippen LogP contribution in [0.1, 0.15) is 22.5 Å². The second kappa shape index (κ2) is 5.55. The molecule has 0 aliphatic heterocycles. The van der Waals surface area contributed by atoms with Crippen molar-refractivity contribution in [1.29, 1.82) is 0 Å². The summed E-state index contributed by atoms with van der Waals surface area (Å²) >= 11 is 0. The van der Waals surface area contributed by atoms with Crippen molar-refractivity contribution < 1.29 is 14.7 Å². The summed E-state index contributed by atoms with van der Waals surface area (Å²) in [5.74, 6) is -0.628. The summed E-state index contributed by atoms with van der Waals surface area (Å²) in [5, 5.41) is 19.4. The zero-order valence-electron chi connectivity index (χ0n) is 11.2. The van der Waals surface area contributed by atoms with Crippen molar-refractivity contribution >= 4 is 17.7 Å². The quantitative estimate of drug-likeness (QED) is 0.835. The number of hydrogen-bond donors (Lipinski definition) is 2. The molecule has 8 nitrogen and oxygen atoms in total. The molecule has 1 amide bonds. The number of rotatable bonds is 5. The van der Waals surface area contributed by atoms with Crippen LogP contribution in [0, 0.1) is 6.92 Å². The zero-order valence-corrected chi connectivity index (χ0v) is 11.2. The highest BCUT2D eigenvalue weighted by Gasteiger charge is 2.12. The van der Waals surface area contributed by atoms with Gasteiger partial charge in [0.25, 0.3) is 5.91 Å². The topological polar surface area (TPSA) is 102 Å². The molecule has 0 spiro atoms. The number of amides is 1. The lowest BCUT2D eigenvalue weighted by atomic mass is 10.3. The highest BCUT2D eigenvalue weighted by Crippen LogP contribution is 2.10. The Labute approximate surface area is 115 Å². The maximum Gasteiger partial charge on any atom is 0.305 e. The number of carbonyl (C=O) groups is 2. The molecule has 2 aromatic heterocycles. The van der Waals surface area contributed by atoms with E-state index in [4.69, 9.17) is 5.11 Å². The van der Waals surface area contributed by atoms with Gasteiger partial charge >= 0.3 is 5.97 Å². The third-order valence-corrected chi connectivity index (χ3v) is 2.69. The van der Waals surface area contributed by atoms with Crippen LogP contribution < -0.4 is 5.32 Å². The van der Waals surface area contributed by atoms with Crippen LogP contribution in [0.5, 0.6) is 0 Å². The molecule has 8 heteroatoms. The molecule has 0 saturated carbocycles. The first-order chi connectivity index (χ1) is 9.45. The summed E-state index contributed by atoms with van der Waals surface area (Å²) in [4.78, 5) is 22.5. The van der Waals surface area contributed by atoms with E-state index >= 15 is 0 Å². The van der Waals surface area contributed by atoms with Gasteiger partial charge in [-0.3, -0.25) is 19.0 Å². The molecule has 2 aromatic rings. The van der Waals surface area contributed by atoms with Crippen molar-refractivity contribution in [3.8, 4) is 0 Å². The number of carboxylic acids is 1. The molecular weight excluding hydrogens is 262 g/mol. The summed E-state index contributed by atoms with van der Waals surface area (Å²) in [6, 6.07) is 1.76. The van der Waals surface area contributed by atoms with E-state index in [9.17, 15) is 9.59 Å². The maximum atomic E-state index is 12.0. The van der Waals surface area contributed by atoms with Gasteiger partial charge < -0.3 is 10.4 Å². The third-order valence-electron chi connectivity index (χ3n) is 2.69. The fraction of sp³-hybridized carbons (Fsp3) is 0.333. The largest absolute Gasteiger partial charge is 0.481 e. The highest BCUT2D eigenvalue weighted by molar-refractivity contribution is 6.03. The standard InChI is InChI=1S/C12H15N5O3/c1-8-5-10(16(2)15-8)14-12(20)9-6-13-17(7-9)4-3-11(18)19/h5-7H,3-4H2,1-2H3,(H,14,20)(H,18,19). The smallest absolute Gasteiger partial charge is 0.305 e. The molecule has 0 saturated heterocycles. The molecule has 0 aromatic carbocycles. The van der Waals surface area contributed by atoms with Gasteiger partial charge in [-0.15, -0.1) is 0 Å².